The summed E-state index contributed by atoms with van der Waals surface area (Å²) in [5.41, 5.74) is 0. The molecule has 1 aliphatic rings. The molecule has 0 aliphatic carbocycles. The van der Waals surface area contributed by atoms with Crippen LogP contribution in [-0.2, 0) is 11.3 Å². The lowest BCUT2D eigenvalue weighted by atomic mass is 10.1. The van der Waals surface area contributed by atoms with Gasteiger partial charge in [0.2, 0.25) is 5.91 Å². The molecule has 1 amide bonds. The first-order chi connectivity index (χ1) is 9.06. The second-order valence-electron chi connectivity index (χ2n) is 5.42. The van der Waals surface area contributed by atoms with Gasteiger partial charge < -0.3 is 14.6 Å². The van der Waals surface area contributed by atoms with Crippen LogP contribution < -0.4 is 5.32 Å². The topological polar surface area (TPSA) is 48.7 Å². The summed E-state index contributed by atoms with van der Waals surface area (Å²) in [6.07, 6.45) is 1.63. The molecule has 19 heavy (non-hydrogen) atoms. The van der Waals surface area contributed by atoms with Crippen molar-refractivity contribution in [1.82, 2.24) is 15.1 Å². The van der Waals surface area contributed by atoms with Crippen molar-refractivity contribution in [2.75, 3.05) is 26.7 Å². The van der Waals surface area contributed by atoms with Gasteiger partial charge in [0.1, 0.15) is 5.76 Å². The van der Waals surface area contributed by atoms with Gasteiger partial charge in [-0.2, -0.15) is 0 Å². The van der Waals surface area contributed by atoms with E-state index in [1.807, 2.05) is 19.2 Å². The van der Waals surface area contributed by atoms with Crippen molar-refractivity contribution >= 4 is 5.91 Å². The van der Waals surface area contributed by atoms with Gasteiger partial charge in [-0.3, -0.25) is 9.69 Å². The Morgan fingerprint density at radius 2 is 2.37 bits per heavy atom. The Bertz CT molecular complexity index is 405. The summed E-state index contributed by atoms with van der Waals surface area (Å²) < 4.78 is 5.26. The summed E-state index contributed by atoms with van der Waals surface area (Å²) >= 11 is 0. The molecule has 0 radical (unpaired) electrons. The molecule has 2 atom stereocenters. The van der Waals surface area contributed by atoms with E-state index in [1.54, 1.807) is 11.2 Å². The van der Waals surface area contributed by atoms with Crippen molar-refractivity contribution in [1.29, 1.82) is 0 Å². The zero-order chi connectivity index (χ0) is 13.8. The average Bonchev–Trinajstić information content (AvgIpc) is 2.86. The molecule has 5 nitrogen and oxygen atoms in total. The number of rotatable bonds is 4. The lowest BCUT2D eigenvalue weighted by molar-refractivity contribution is -0.132. The van der Waals surface area contributed by atoms with Crippen molar-refractivity contribution < 1.29 is 9.21 Å². The molecule has 106 valence electrons. The summed E-state index contributed by atoms with van der Waals surface area (Å²) in [5, 5.41) is 3.42. The van der Waals surface area contributed by atoms with Crippen LogP contribution in [0.3, 0.4) is 0 Å². The normalized spacial score (nSPS) is 24.4. The number of hydrogen-bond acceptors (Lipinski definition) is 4. The predicted octanol–water partition coefficient (Wildman–Crippen LogP) is 0.920. The van der Waals surface area contributed by atoms with Crippen LogP contribution >= 0.6 is 0 Å². The average molecular weight is 265 g/mol. The maximum atomic E-state index is 12.2. The SMILES string of the molecule is CC1CN(CC(=O)N(C)Cc2ccco2)C(C)CN1. The van der Waals surface area contributed by atoms with Gasteiger partial charge in [0, 0.05) is 32.2 Å². The Morgan fingerprint density at radius 1 is 1.58 bits per heavy atom. The Morgan fingerprint density at radius 3 is 3.05 bits per heavy atom. The van der Waals surface area contributed by atoms with Crippen LogP contribution in [0.1, 0.15) is 19.6 Å². The molecule has 1 fully saturated rings. The molecule has 1 aromatic heterocycles. The minimum Gasteiger partial charge on any atom is -0.467 e. The Labute approximate surface area is 114 Å². The molecular formula is C14H23N3O2. The molecule has 0 aromatic carbocycles. The van der Waals surface area contributed by atoms with Gasteiger partial charge in [-0.05, 0) is 26.0 Å². The van der Waals surface area contributed by atoms with Crippen LogP contribution in [0, 0.1) is 0 Å². The van der Waals surface area contributed by atoms with E-state index >= 15 is 0 Å². The second kappa shape index (κ2) is 6.21. The number of likely N-dealkylation sites (N-methyl/N-ethyl adjacent to an activating group) is 1. The standard InChI is InChI=1S/C14H23N3O2/c1-11-8-17(12(2)7-15-11)10-14(18)16(3)9-13-5-4-6-19-13/h4-6,11-12,15H,7-10H2,1-3H3. The summed E-state index contributed by atoms with van der Waals surface area (Å²) in [6, 6.07) is 4.57. The highest BCUT2D eigenvalue weighted by Gasteiger charge is 2.25. The van der Waals surface area contributed by atoms with Crippen molar-refractivity contribution in [3.05, 3.63) is 24.2 Å². The molecule has 1 aromatic rings. The van der Waals surface area contributed by atoms with Crippen molar-refractivity contribution in [2.45, 2.75) is 32.5 Å². The quantitative estimate of drug-likeness (QED) is 0.879. The molecule has 0 bridgehead atoms. The van der Waals surface area contributed by atoms with Gasteiger partial charge in [0.05, 0.1) is 19.4 Å². The Hall–Kier alpha value is -1.33. The van der Waals surface area contributed by atoms with Crippen LogP contribution in [-0.4, -0.2) is 54.5 Å². The summed E-state index contributed by atoms with van der Waals surface area (Å²) in [6.45, 7) is 7.17. The molecular weight excluding hydrogens is 242 g/mol. The minimum atomic E-state index is 0.136. The van der Waals surface area contributed by atoms with Crippen LogP contribution in [0.25, 0.3) is 0 Å². The smallest absolute Gasteiger partial charge is 0.236 e. The van der Waals surface area contributed by atoms with Gasteiger partial charge in [-0.1, -0.05) is 0 Å². The van der Waals surface area contributed by atoms with Gasteiger partial charge in [0.15, 0.2) is 0 Å². The Balaban J connectivity index is 1.85. The van der Waals surface area contributed by atoms with Crippen LogP contribution in [0.2, 0.25) is 0 Å². The second-order valence-corrected chi connectivity index (χ2v) is 5.42. The number of furan rings is 1. The monoisotopic (exact) mass is 265 g/mol. The number of nitrogens with one attached hydrogen (secondary N) is 1. The van der Waals surface area contributed by atoms with Crippen molar-refractivity contribution in [3.8, 4) is 0 Å². The highest BCUT2D eigenvalue weighted by molar-refractivity contribution is 5.78. The van der Waals surface area contributed by atoms with E-state index in [1.165, 1.54) is 0 Å². The van der Waals surface area contributed by atoms with Gasteiger partial charge in [0.25, 0.3) is 0 Å². The maximum absolute atomic E-state index is 12.2. The summed E-state index contributed by atoms with van der Waals surface area (Å²) in [4.78, 5) is 16.2. The lowest BCUT2D eigenvalue weighted by Gasteiger charge is -2.37. The van der Waals surface area contributed by atoms with E-state index in [4.69, 9.17) is 4.42 Å². The number of amides is 1. The fourth-order valence-corrected chi connectivity index (χ4v) is 2.34. The largest absolute Gasteiger partial charge is 0.467 e. The zero-order valence-electron chi connectivity index (χ0n) is 11.9. The summed E-state index contributed by atoms with van der Waals surface area (Å²) in [7, 11) is 1.82. The molecule has 2 rings (SSSR count). The van der Waals surface area contributed by atoms with E-state index in [9.17, 15) is 4.79 Å². The fraction of sp³-hybridized carbons (Fsp3) is 0.643. The number of nitrogens with zero attached hydrogens (tertiary/aromatic N) is 2. The van der Waals surface area contributed by atoms with E-state index in [-0.39, 0.29) is 5.91 Å². The predicted molar refractivity (Wildman–Crippen MR) is 73.7 cm³/mol. The van der Waals surface area contributed by atoms with Crippen LogP contribution in [0.4, 0.5) is 0 Å². The van der Waals surface area contributed by atoms with E-state index in [0.717, 1.165) is 18.8 Å². The molecule has 2 unspecified atom stereocenters. The third kappa shape index (κ3) is 3.81. The molecule has 5 heteroatoms. The first-order valence-corrected chi connectivity index (χ1v) is 6.80. The van der Waals surface area contributed by atoms with Crippen LogP contribution in [0.15, 0.2) is 22.8 Å². The fourth-order valence-electron chi connectivity index (χ4n) is 2.34. The molecule has 2 heterocycles. The number of carbonyl (C=O) groups excluding carboxylic acids is 1. The molecule has 0 spiro atoms. The van der Waals surface area contributed by atoms with Gasteiger partial charge in [-0.25, -0.2) is 0 Å². The highest BCUT2D eigenvalue weighted by atomic mass is 16.3. The molecule has 1 saturated heterocycles. The zero-order valence-corrected chi connectivity index (χ0v) is 11.9. The van der Waals surface area contributed by atoms with Gasteiger partial charge >= 0.3 is 0 Å². The third-order valence-corrected chi connectivity index (χ3v) is 3.63. The number of carbonyl (C=O) groups is 1. The van der Waals surface area contributed by atoms with Crippen LogP contribution in [0.5, 0.6) is 0 Å². The number of hydrogen-bond donors (Lipinski definition) is 1. The van der Waals surface area contributed by atoms with Crippen molar-refractivity contribution in [3.63, 3.8) is 0 Å². The van der Waals surface area contributed by atoms with Crippen molar-refractivity contribution in [2.24, 2.45) is 0 Å². The lowest BCUT2D eigenvalue weighted by Crippen LogP contribution is -2.56. The first-order valence-electron chi connectivity index (χ1n) is 6.80. The molecule has 1 aliphatic heterocycles. The van der Waals surface area contributed by atoms with Gasteiger partial charge in [-0.15, -0.1) is 0 Å². The summed E-state index contributed by atoms with van der Waals surface area (Å²) in [5.74, 6) is 0.954. The molecule has 1 N–H and O–H groups in total. The minimum absolute atomic E-state index is 0.136. The van der Waals surface area contributed by atoms with E-state index in [0.29, 0.717) is 25.2 Å². The third-order valence-electron chi connectivity index (χ3n) is 3.63. The van der Waals surface area contributed by atoms with E-state index < -0.39 is 0 Å². The van der Waals surface area contributed by atoms with E-state index in [2.05, 4.69) is 24.1 Å². The maximum Gasteiger partial charge on any atom is 0.236 e. The Kier molecular flexibility index (Phi) is 4.61. The first kappa shape index (κ1) is 14.1. The number of piperazine rings is 1. The molecule has 0 saturated carbocycles. The highest BCUT2D eigenvalue weighted by Crippen LogP contribution is 2.08.